The Morgan fingerprint density at radius 1 is 1.50 bits per heavy atom. The van der Waals surface area contributed by atoms with Gasteiger partial charge in [0.1, 0.15) is 5.82 Å². The van der Waals surface area contributed by atoms with E-state index in [1.54, 1.807) is 19.9 Å². The van der Waals surface area contributed by atoms with Gasteiger partial charge in [-0.05, 0) is 37.1 Å². The quantitative estimate of drug-likeness (QED) is 0.490. The van der Waals surface area contributed by atoms with Crippen LogP contribution in [0.2, 0.25) is 0 Å². The molecule has 0 bridgehead atoms. The third kappa shape index (κ3) is 3.96. The molecule has 0 amide bonds. The minimum absolute atomic E-state index is 0.0114. The number of alkyl halides is 1. The molecule has 0 spiro atoms. The molecule has 0 radical (unpaired) electrons. The van der Waals surface area contributed by atoms with Gasteiger partial charge in [0.15, 0.2) is 6.10 Å². The largest absolute Gasteiger partial charge is 0.479 e. The first-order chi connectivity index (χ1) is 8.60. The van der Waals surface area contributed by atoms with Gasteiger partial charge in [-0.15, -0.1) is 11.6 Å². The van der Waals surface area contributed by atoms with E-state index >= 15 is 0 Å². The maximum Gasteiger partial charge on any atom is 0.215 e. The van der Waals surface area contributed by atoms with E-state index in [9.17, 15) is 4.39 Å². The van der Waals surface area contributed by atoms with E-state index in [-0.39, 0.29) is 11.7 Å². The molecule has 1 atom stereocenters. The van der Waals surface area contributed by atoms with Gasteiger partial charge in [0, 0.05) is 5.88 Å². The number of benzene rings is 1. The Bertz CT molecular complexity index is 412. The Labute approximate surface area is 111 Å². The molecule has 0 saturated carbocycles. The fourth-order valence-corrected chi connectivity index (χ4v) is 1.72. The Morgan fingerprint density at radius 2 is 2.22 bits per heavy atom. The highest BCUT2D eigenvalue weighted by Gasteiger charge is 2.21. The van der Waals surface area contributed by atoms with Crippen LogP contribution in [0.1, 0.15) is 24.2 Å². The number of halogens is 2. The monoisotopic (exact) mass is 273 g/mol. The first-order valence-corrected chi connectivity index (χ1v) is 6.28. The van der Waals surface area contributed by atoms with Crippen LogP contribution in [0.25, 0.3) is 0 Å². The van der Waals surface area contributed by atoms with Crippen LogP contribution in [-0.2, 0) is 9.47 Å². The van der Waals surface area contributed by atoms with E-state index in [0.717, 1.165) is 11.1 Å². The second-order valence-corrected chi connectivity index (χ2v) is 4.12. The highest BCUT2D eigenvalue weighted by atomic mass is 35.5. The second-order valence-electron chi connectivity index (χ2n) is 3.74. The van der Waals surface area contributed by atoms with Crippen molar-refractivity contribution in [2.75, 3.05) is 19.1 Å². The van der Waals surface area contributed by atoms with Crippen molar-refractivity contribution in [3.63, 3.8) is 0 Å². The minimum atomic E-state index is -0.635. The van der Waals surface area contributed by atoms with Gasteiger partial charge < -0.3 is 9.47 Å². The molecule has 0 saturated heterocycles. The number of hydrogen-bond donors (Lipinski definition) is 1. The molecule has 0 aliphatic heterocycles. The third-order valence-electron chi connectivity index (χ3n) is 2.41. The molecule has 1 N–H and O–H groups in total. The number of aryl methyl sites for hydroxylation is 1. The fraction of sp³-hybridized carbons (Fsp3) is 0.462. The molecule has 0 aromatic heterocycles. The summed E-state index contributed by atoms with van der Waals surface area (Å²) in [6.45, 7) is 4.26. The van der Waals surface area contributed by atoms with Crippen LogP contribution in [-0.4, -0.2) is 25.0 Å². The van der Waals surface area contributed by atoms with Crippen molar-refractivity contribution in [1.82, 2.24) is 0 Å². The lowest BCUT2D eigenvalue weighted by molar-refractivity contribution is 0.0885. The van der Waals surface area contributed by atoms with Gasteiger partial charge in [-0.1, -0.05) is 6.07 Å². The van der Waals surface area contributed by atoms with Crippen molar-refractivity contribution in [2.45, 2.75) is 20.0 Å². The molecule has 1 aromatic rings. The summed E-state index contributed by atoms with van der Waals surface area (Å²) < 4.78 is 23.7. The van der Waals surface area contributed by atoms with Crippen LogP contribution in [0.4, 0.5) is 4.39 Å². The molecular formula is C13H17ClFNO2. The van der Waals surface area contributed by atoms with Gasteiger partial charge in [-0.2, -0.15) is 0 Å². The normalized spacial score (nSPS) is 12.2. The Balaban J connectivity index is 2.97. The lowest BCUT2D eigenvalue weighted by Crippen LogP contribution is -2.20. The van der Waals surface area contributed by atoms with Crippen molar-refractivity contribution in [3.05, 3.63) is 35.1 Å². The van der Waals surface area contributed by atoms with Crippen LogP contribution in [0.15, 0.2) is 18.2 Å². The fourth-order valence-electron chi connectivity index (χ4n) is 1.63. The summed E-state index contributed by atoms with van der Waals surface area (Å²) >= 11 is 5.58. The smallest absolute Gasteiger partial charge is 0.215 e. The van der Waals surface area contributed by atoms with Crippen LogP contribution >= 0.6 is 11.6 Å². The third-order valence-corrected chi connectivity index (χ3v) is 2.57. The van der Waals surface area contributed by atoms with Crippen LogP contribution in [0, 0.1) is 18.2 Å². The first kappa shape index (κ1) is 14.9. The highest BCUT2D eigenvalue weighted by molar-refractivity contribution is 6.17. The molecule has 1 unspecified atom stereocenters. The van der Waals surface area contributed by atoms with E-state index in [4.69, 9.17) is 26.5 Å². The van der Waals surface area contributed by atoms with Crippen molar-refractivity contribution >= 4 is 17.5 Å². The van der Waals surface area contributed by atoms with Gasteiger partial charge in [0.05, 0.1) is 13.2 Å². The minimum Gasteiger partial charge on any atom is -0.479 e. The van der Waals surface area contributed by atoms with Crippen molar-refractivity contribution in [2.24, 2.45) is 0 Å². The molecule has 0 aliphatic rings. The molecular weight excluding hydrogens is 257 g/mol. The summed E-state index contributed by atoms with van der Waals surface area (Å²) in [7, 11) is 0. The highest BCUT2D eigenvalue weighted by Crippen LogP contribution is 2.23. The molecule has 18 heavy (non-hydrogen) atoms. The van der Waals surface area contributed by atoms with E-state index in [0.29, 0.717) is 19.1 Å². The van der Waals surface area contributed by atoms with E-state index in [1.165, 1.54) is 12.1 Å². The molecule has 0 fully saturated rings. The topological polar surface area (TPSA) is 42.3 Å². The van der Waals surface area contributed by atoms with Crippen molar-refractivity contribution in [1.29, 1.82) is 5.41 Å². The first-order valence-electron chi connectivity index (χ1n) is 5.75. The Hall–Kier alpha value is -1.13. The number of ether oxygens (including phenoxy) is 2. The van der Waals surface area contributed by atoms with Gasteiger partial charge in [0.2, 0.25) is 5.90 Å². The predicted molar refractivity (Wildman–Crippen MR) is 69.9 cm³/mol. The summed E-state index contributed by atoms with van der Waals surface area (Å²) in [5.74, 6) is 0.0310. The van der Waals surface area contributed by atoms with Crippen LogP contribution in [0.5, 0.6) is 0 Å². The molecule has 3 nitrogen and oxygen atoms in total. The molecule has 0 aliphatic carbocycles. The standard InChI is InChI=1S/C13H17ClFNO2/c1-3-17-13(16)12(18-7-6-14)11-5-4-10(15)8-9(11)2/h4-5,8,12,16H,3,6-7H2,1-2H3. The SMILES string of the molecule is CCOC(=N)C(OCCCl)c1ccc(F)cc1C. The zero-order valence-corrected chi connectivity index (χ0v) is 11.3. The van der Waals surface area contributed by atoms with Gasteiger partial charge in [-0.3, -0.25) is 5.41 Å². The van der Waals surface area contributed by atoms with E-state index in [1.807, 2.05) is 0 Å². The summed E-state index contributed by atoms with van der Waals surface area (Å²) in [5, 5.41) is 7.83. The molecule has 1 rings (SSSR count). The van der Waals surface area contributed by atoms with E-state index < -0.39 is 6.10 Å². The van der Waals surface area contributed by atoms with E-state index in [2.05, 4.69) is 0 Å². The average molecular weight is 274 g/mol. The molecule has 100 valence electrons. The average Bonchev–Trinajstić information content (AvgIpc) is 2.32. The summed E-state index contributed by atoms with van der Waals surface area (Å²) in [5.41, 5.74) is 1.44. The molecule has 5 heteroatoms. The lowest BCUT2D eigenvalue weighted by Gasteiger charge is -2.20. The maximum absolute atomic E-state index is 13.1. The number of nitrogens with one attached hydrogen (secondary N) is 1. The summed E-state index contributed by atoms with van der Waals surface area (Å²) in [6, 6.07) is 4.36. The lowest BCUT2D eigenvalue weighted by atomic mass is 10.0. The number of hydrogen-bond acceptors (Lipinski definition) is 3. The second kappa shape index (κ2) is 7.34. The molecule has 1 aromatic carbocycles. The predicted octanol–water partition coefficient (Wildman–Crippen LogP) is 3.44. The summed E-state index contributed by atoms with van der Waals surface area (Å²) in [6.07, 6.45) is -0.635. The van der Waals surface area contributed by atoms with Crippen molar-refractivity contribution < 1.29 is 13.9 Å². The molecule has 0 heterocycles. The zero-order valence-electron chi connectivity index (χ0n) is 10.5. The van der Waals surface area contributed by atoms with Gasteiger partial charge in [-0.25, -0.2) is 4.39 Å². The van der Waals surface area contributed by atoms with Crippen LogP contribution in [0.3, 0.4) is 0 Å². The van der Waals surface area contributed by atoms with Gasteiger partial charge in [0.25, 0.3) is 0 Å². The summed E-state index contributed by atoms with van der Waals surface area (Å²) in [4.78, 5) is 0. The van der Waals surface area contributed by atoms with Crippen molar-refractivity contribution in [3.8, 4) is 0 Å². The Kier molecular flexibility index (Phi) is 6.09. The van der Waals surface area contributed by atoms with Crippen LogP contribution < -0.4 is 0 Å². The maximum atomic E-state index is 13.1. The van der Waals surface area contributed by atoms with Gasteiger partial charge >= 0.3 is 0 Å². The zero-order chi connectivity index (χ0) is 13.5. The number of rotatable bonds is 6. The Morgan fingerprint density at radius 3 is 2.78 bits per heavy atom.